The third-order valence-electron chi connectivity index (χ3n) is 2.51. The molecule has 1 aliphatic rings. The van der Waals surface area contributed by atoms with Crippen molar-refractivity contribution in [2.75, 3.05) is 13.7 Å². The van der Waals surface area contributed by atoms with Gasteiger partial charge in [0.1, 0.15) is 0 Å². The monoisotopic (exact) mass is 199 g/mol. The third-order valence-corrected chi connectivity index (χ3v) is 2.51. The lowest BCUT2D eigenvalue weighted by Gasteiger charge is -2.18. The van der Waals surface area contributed by atoms with E-state index in [1.807, 2.05) is 0 Å². The van der Waals surface area contributed by atoms with Gasteiger partial charge < -0.3 is 15.2 Å². The van der Waals surface area contributed by atoms with Crippen molar-refractivity contribution in [2.24, 2.45) is 0 Å². The number of ether oxygens (including phenoxy) is 1. The van der Waals surface area contributed by atoms with E-state index in [0.717, 1.165) is 18.9 Å². The van der Waals surface area contributed by atoms with Gasteiger partial charge in [0.15, 0.2) is 0 Å². The van der Waals surface area contributed by atoms with Crippen LogP contribution in [0.4, 0.5) is 0 Å². The molecule has 0 aromatic carbocycles. The highest BCUT2D eigenvalue weighted by molar-refractivity contribution is 5.79. The average Bonchev–Trinajstić information content (AvgIpc) is 2.59. The molecule has 4 nitrogen and oxygen atoms in total. The van der Waals surface area contributed by atoms with Crippen LogP contribution < -0.4 is 5.32 Å². The number of carboxylic acid groups (broad SMARTS) is 1. The van der Waals surface area contributed by atoms with E-state index < -0.39 is 5.97 Å². The van der Waals surface area contributed by atoms with Crippen molar-refractivity contribution in [1.82, 2.24) is 5.32 Å². The summed E-state index contributed by atoms with van der Waals surface area (Å²) in [5, 5.41) is 11.6. The third kappa shape index (κ3) is 3.47. The first-order valence-corrected chi connectivity index (χ1v) is 4.89. The Balaban J connectivity index is 2.20. The molecule has 0 radical (unpaired) electrons. The zero-order valence-corrected chi connectivity index (χ0v) is 8.40. The fourth-order valence-electron chi connectivity index (χ4n) is 1.82. The normalized spacial score (nSPS) is 27.2. The number of hydrogen-bond donors (Lipinski definition) is 2. The largest absolute Gasteiger partial charge is 0.478 e. The van der Waals surface area contributed by atoms with Crippen LogP contribution >= 0.6 is 0 Å². The second-order valence-electron chi connectivity index (χ2n) is 3.46. The summed E-state index contributed by atoms with van der Waals surface area (Å²) < 4.78 is 5.30. The molecule has 0 bridgehead atoms. The highest BCUT2D eigenvalue weighted by atomic mass is 16.5. The zero-order valence-electron chi connectivity index (χ0n) is 8.40. The molecule has 2 atom stereocenters. The van der Waals surface area contributed by atoms with Crippen molar-refractivity contribution in [3.8, 4) is 0 Å². The standard InChI is InChI=1S/C10H17NO3/c1-14-9-5-2-4-8(9)11-7-3-6-10(12)13/h3,6,8-9,11H,2,4-5,7H2,1H3,(H,12,13)/b6-3+. The van der Waals surface area contributed by atoms with E-state index in [2.05, 4.69) is 5.32 Å². The number of carboxylic acids is 1. The number of methoxy groups -OCH3 is 1. The topological polar surface area (TPSA) is 58.6 Å². The van der Waals surface area contributed by atoms with Crippen LogP contribution in [0.5, 0.6) is 0 Å². The van der Waals surface area contributed by atoms with Gasteiger partial charge in [0.2, 0.25) is 0 Å². The van der Waals surface area contributed by atoms with Crippen LogP contribution in [0.2, 0.25) is 0 Å². The summed E-state index contributed by atoms with van der Waals surface area (Å²) in [6, 6.07) is 0.374. The predicted molar refractivity (Wildman–Crippen MR) is 53.2 cm³/mol. The molecule has 0 aliphatic heterocycles. The molecule has 1 saturated carbocycles. The summed E-state index contributed by atoms with van der Waals surface area (Å²) in [5.41, 5.74) is 0. The minimum atomic E-state index is -0.901. The maximum Gasteiger partial charge on any atom is 0.328 e. The van der Waals surface area contributed by atoms with Crippen LogP contribution in [0.1, 0.15) is 19.3 Å². The molecule has 0 heterocycles. The number of nitrogens with one attached hydrogen (secondary N) is 1. The van der Waals surface area contributed by atoms with Crippen LogP contribution in [-0.2, 0) is 9.53 Å². The van der Waals surface area contributed by atoms with E-state index in [0.29, 0.717) is 12.6 Å². The van der Waals surface area contributed by atoms with Gasteiger partial charge in [-0.3, -0.25) is 0 Å². The van der Waals surface area contributed by atoms with Crippen molar-refractivity contribution < 1.29 is 14.6 Å². The van der Waals surface area contributed by atoms with Crippen molar-refractivity contribution in [1.29, 1.82) is 0 Å². The van der Waals surface area contributed by atoms with Crippen LogP contribution in [0.3, 0.4) is 0 Å². The molecule has 80 valence electrons. The molecular formula is C10H17NO3. The summed E-state index contributed by atoms with van der Waals surface area (Å²) in [7, 11) is 1.72. The van der Waals surface area contributed by atoms with Crippen LogP contribution in [-0.4, -0.2) is 36.9 Å². The number of aliphatic carboxylic acids is 1. The zero-order chi connectivity index (χ0) is 10.4. The Kier molecular flexibility index (Phi) is 4.62. The number of hydrogen-bond acceptors (Lipinski definition) is 3. The molecule has 1 aliphatic carbocycles. The summed E-state index contributed by atoms with van der Waals surface area (Å²) >= 11 is 0. The smallest absolute Gasteiger partial charge is 0.328 e. The summed E-state index contributed by atoms with van der Waals surface area (Å²) in [5.74, 6) is -0.901. The lowest BCUT2D eigenvalue weighted by atomic mass is 10.2. The van der Waals surface area contributed by atoms with E-state index in [9.17, 15) is 4.79 Å². The van der Waals surface area contributed by atoms with Gasteiger partial charge in [-0.1, -0.05) is 6.08 Å². The number of carbonyl (C=O) groups is 1. The van der Waals surface area contributed by atoms with E-state index in [1.54, 1.807) is 13.2 Å². The lowest BCUT2D eigenvalue weighted by molar-refractivity contribution is -0.131. The van der Waals surface area contributed by atoms with Gasteiger partial charge in [0, 0.05) is 25.8 Å². The quantitative estimate of drug-likeness (QED) is 0.642. The molecule has 0 aromatic rings. The van der Waals surface area contributed by atoms with Gasteiger partial charge in [-0.25, -0.2) is 4.79 Å². The minimum absolute atomic E-state index is 0.285. The molecule has 0 aromatic heterocycles. The van der Waals surface area contributed by atoms with Gasteiger partial charge in [-0.05, 0) is 19.3 Å². The molecule has 1 rings (SSSR count). The Morgan fingerprint density at radius 2 is 2.43 bits per heavy atom. The summed E-state index contributed by atoms with van der Waals surface area (Å²) in [6.45, 7) is 0.594. The summed E-state index contributed by atoms with van der Waals surface area (Å²) in [6.07, 6.45) is 6.44. The van der Waals surface area contributed by atoms with Gasteiger partial charge in [0.25, 0.3) is 0 Å². The fourth-order valence-corrected chi connectivity index (χ4v) is 1.82. The minimum Gasteiger partial charge on any atom is -0.478 e. The first-order chi connectivity index (χ1) is 6.74. The fraction of sp³-hybridized carbons (Fsp3) is 0.700. The van der Waals surface area contributed by atoms with Crippen molar-refractivity contribution in [2.45, 2.75) is 31.4 Å². The second kappa shape index (κ2) is 5.78. The predicted octanol–water partition coefficient (Wildman–Crippen LogP) is 0.784. The van der Waals surface area contributed by atoms with E-state index in [-0.39, 0.29) is 6.10 Å². The highest BCUT2D eigenvalue weighted by Crippen LogP contribution is 2.21. The van der Waals surface area contributed by atoms with Crippen molar-refractivity contribution in [3.05, 3.63) is 12.2 Å². The molecule has 2 unspecified atom stereocenters. The van der Waals surface area contributed by atoms with Gasteiger partial charge in [0.05, 0.1) is 6.10 Å². The van der Waals surface area contributed by atoms with Gasteiger partial charge in [-0.2, -0.15) is 0 Å². The number of rotatable bonds is 5. The SMILES string of the molecule is COC1CCCC1NC/C=C/C(=O)O. The van der Waals surface area contributed by atoms with Crippen molar-refractivity contribution in [3.63, 3.8) is 0 Å². The molecule has 1 fully saturated rings. The maximum atomic E-state index is 10.2. The Hall–Kier alpha value is -0.870. The van der Waals surface area contributed by atoms with Crippen molar-refractivity contribution >= 4 is 5.97 Å². The molecule has 0 amide bonds. The van der Waals surface area contributed by atoms with Crippen LogP contribution in [0.25, 0.3) is 0 Å². The Morgan fingerprint density at radius 1 is 1.64 bits per heavy atom. The van der Waals surface area contributed by atoms with Crippen LogP contribution in [0, 0.1) is 0 Å². The molecule has 4 heteroatoms. The molecule has 14 heavy (non-hydrogen) atoms. The first-order valence-electron chi connectivity index (χ1n) is 4.89. The second-order valence-corrected chi connectivity index (χ2v) is 3.46. The highest BCUT2D eigenvalue weighted by Gasteiger charge is 2.25. The average molecular weight is 199 g/mol. The first kappa shape index (κ1) is 11.2. The van der Waals surface area contributed by atoms with E-state index in [1.165, 1.54) is 6.42 Å². The Labute approximate surface area is 83.9 Å². The maximum absolute atomic E-state index is 10.2. The molecular weight excluding hydrogens is 182 g/mol. The van der Waals surface area contributed by atoms with Gasteiger partial charge >= 0.3 is 5.97 Å². The summed E-state index contributed by atoms with van der Waals surface area (Å²) in [4.78, 5) is 10.2. The Morgan fingerprint density at radius 3 is 3.07 bits per heavy atom. The van der Waals surface area contributed by atoms with E-state index in [4.69, 9.17) is 9.84 Å². The van der Waals surface area contributed by atoms with Gasteiger partial charge in [-0.15, -0.1) is 0 Å². The Bertz CT molecular complexity index is 215. The molecule has 0 spiro atoms. The molecule has 2 N–H and O–H groups in total. The van der Waals surface area contributed by atoms with Crippen LogP contribution in [0.15, 0.2) is 12.2 Å². The molecule has 0 saturated heterocycles. The van der Waals surface area contributed by atoms with E-state index >= 15 is 0 Å². The lowest BCUT2D eigenvalue weighted by Crippen LogP contribution is -2.36.